The van der Waals surface area contributed by atoms with Crippen LogP contribution in [0.15, 0.2) is 0 Å². The monoisotopic (exact) mass is 265 g/mol. The van der Waals surface area contributed by atoms with Crippen molar-refractivity contribution in [1.82, 2.24) is 0 Å². The first-order valence-electron chi connectivity index (χ1n) is 5.71. The summed E-state index contributed by atoms with van der Waals surface area (Å²) in [6.45, 7) is 1.80. The third-order valence-electron chi connectivity index (χ3n) is 3.59. The van der Waals surface area contributed by atoms with E-state index in [0.717, 1.165) is 6.42 Å². The SMILES string of the molecule is CCC1(Nc2c(F)c(F)c(F)c(F)c2F)CCC1. The first kappa shape index (κ1) is 13.1. The van der Waals surface area contributed by atoms with E-state index < -0.39 is 40.3 Å². The van der Waals surface area contributed by atoms with Gasteiger partial charge in [-0.2, -0.15) is 0 Å². The Labute approximate surface area is 101 Å². The van der Waals surface area contributed by atoms with Gasteiger partial charge in [0.05, 0.1) is 0 Å². The number of nitrogens with one attached hydrogen (secondary N) is 1. The molecule has 0 aromatic heterocycles. The maximum Gasteiger partial charge on any atom is 0.200 e. The lowest BCUT2D eigenvalue weighted by Crippen LogP contribution is -2.45. The van der Waals surface area contributed by atoms with E-state index in [-0.39, 0.29) is 0 Å². The Morgan fingerprint density at radius 1 is 0.889 bits per heavy atom. The second-order valence-electron chi connectivity index (χ2n) is 4.56. The van der Waals surface area contributed by atoms with Gasteiger partial charge in [-0.3, -0.25) is 0 Å². The van der Waals surface area contributed by atoms with Gasteiger partial charge in [-0.1, -0.05) is 6.92 Å². The molecule has 0 bridgehead atoms. The fraction of sp³-hybridized carbons (Fsp3) is 0.500. The van der Waals surface area contributed by atoms with Gasteiger partial charge in [-0.25, -0.2) is 22.0 Å². The molecule has 0 unspecified atom stereocenters. The summed E-state index contributed by atoms with van der Waals surface area (Å²) in [6, 6.07) is 0. The molecule has 18 heavy (non-hydrogen) atoms. The van der Waals surface area contributed by atoms with Crippen molar-refractivity contribution in [3.05, 3.63) is 29.1 Å². The van der Waals surface area contributed by atoms with Gasteiger partial charge in [0.15, 0.2) is 23.3 Å². The van der Waals surface area contributed by atoms with Crippen LogP contribution < -0.4 is 5.32 Å². The van der Waals surface area contributed by atoms with Crippen LogP contribution in [0.2, 0.25) is 0 Å². The highest BCUT2D eigenvalue weighted by molar-refractivity contribution is 5.50. The number of halogens is 5. The van der Waals surface area contributed by atoms with Gasteiger partial charge in [0.1, 0.15) is 5.69 Å². The van der Waals surface area contributed by atoms with Crippen LogP contribution in [0.5, 0.6) is 0 Å². The zero-order valence-electron chi connectivity index (χ0n) is 9.72. The lowest BCUT2D eigenvalue weighted by atomic mass is 9.74. The molecule has 1 nitrogen and oxygen atoms in total. The molecule has 1 aliphatic carbocycles. The molecule has 100 valence electrons. The smallest absolute Gasteiger partial charge is 0.200 e. The van der Waals surface area contributed by atoms with Crippen LogP contribution in [0, 0.1) is 29.1 Å². The number of benzene rings is 1. The number of rotatable bonds is 3. The third kappa shape index (κ3) is 1.83. The minimum Gasteiger partial charge on any atom is -0.375 e. The lowest BCUT2D eigenvalue weighted by Gasteiger charge is -2.43. The number of hydrogen-bond donors (Lipinski definition) is 1. The van der Waals surface area contributed by atoms with Crippen molar-refractivity contribution in [2.45, 2.75) is 38.1 Å². The van der Waals surface area contributed by atoms with Crippen molar-refractivity contribution < 1.29 is 22.0 Å². The fourth-order valence-corrected chi connectivity index (χ4v) is 2.15. The predicted octanol–water partition coefficient (Wildman–Crippen LogP) is 4.13. The Morgan fingerprint density at radius 2 is 1.33 bits per heavy atom. The molecule has 1 aromatic rings. The summed E-state index contributed by atoms with van der Waals surface area (Å²) in [5.74, 6) is -9.56. The molecule has 0 atom stereocenters. The van der Waals surface area contributed by atoms with E-state index in [0.29, 0.717) is 19.3 Å². The van der Waals surface area contributed by atoms with Gasteiger partial charge in [0, 0.05) is 5.54 Å². The summed E-state index contributed by atoms with van der Waals surface area (Å²) in [7, 11) is 0. The van der Waals surface area contributed by atoms with Gasteiger partial charge in [-0.15, -0.1) is 0 Å². The van der Waals surface area contributed by atoms with Crippen LogP contribution in [-0.4, -0.2) is 5.54 Å². The van der Waals surface area contributed by atoms with Crippen LogP contribution in [-0.2, 0) is 0 Å². The van der Waals surface area contributed by atoms with Crippen molar-refractivity contribution in [2.75, 3.05) is 5.32 Å². The maximum atomic E-state index is 13.4. The molecular formula is C12H12F5N. The highest BCUT2D eigenvalue weighted by Crippen LogP contribution is 2.40. The predicted molar refractivity (Wildman–Crippen MR) is 56.7 cm³/mol. The zero-order valence-corrected chi connectivity index (χ0v) is 9.72. The van der Waals surface area contributed by atoms with E-state index >= 15 is 0 Å². The second-order valence-corrected chi connectivity index (χ2v) is 4.56. The first-order valence-corrected chi connectivity index (χ1v) is 5.71. The molecule has 1 N–H and O–H groups in total. The van der Waals surface area contributed by atoms with E-state index in [1.54, 1.807) is 6.92 Å². The van der Waals surface area contributed by atoms with Gasteiger partial charge >= 0.3 is 0 Å². The Kier molecular flexibility index (Phi) is 3.21. The van der Waals surface area contributed by atoms with Crippen molar-refractivity contribution in [1.29, 1.82) is 0 Å². The van der Waals surface area contributed by atoms with E-state index in [1.807, 2.05) is 0 Å². The molecule has 1 aromatic carbocycles. The van der Waals surface area contributed by atoms with Crippen LogP contribution in [0.1, 0.15) is 32.6 Å². The minimum atomic E-state index is -2.13. The van der Waals surface area contributed by atoms with Crippen LogP contribution in [0.25, 0.3) is 0 Å². The third-order valence-corrected chi connectivity index (χ3v) is 3.59. The Bertz CT molecular complexity index is 447. The summed E-state index contributed by atoms with van der Waals surface area (Å²) in [5, 5.41) is 2.49. The molecule has 0 heterocycles. The normalized spacial score (nSPS) is 17.4. The molecule has 0 amide bonds. The second kappa shape index (κ2) is 4.40. The van der Waals surface area contributed by atoms with Crippen LogP contribution in [0.4, 0.5) is 27.6 Å². The molecule has 0 radical (unpaired) electrons. The Hall–Kier alpha value is -1.33. The average Bonchev–Trinajstić information content (AvgIpc) is 2.32. The zero-order chi connectivity index (χ0) is 13.5. The molecule has 0 aliphatic heterocycles. The Morgan fingerprint density at radius 3 is 1.67 bits per heavy atom. The number of anilines is 1. The summed E-state index contributed by atoms with van der Waals surface area (Å²) in [5.41, 5.74) is -1.48. The maximum absolute atomic E-state index is 13.4. The van der Waals surface area contributed by atoms with E-state index in [2.05, 4.69) is 5.32 Å². The molecule has 2 rings (SSSR count). The van der Waals surface area contributed by atoms with E-state index in [4.69, 9.17) is 0 Å². The van der Waals surface area contributed by atoms with Crippen molar-refractivity contribution in [3.8, 4) is 0 Å². The highest BCUT2D eigenvalue weighted by atomic mass is 19.2. The Balaban J connectivity index is 2.45. The van der Waals surface area contributed by atoms with Gasteiger partial charge in [0.25, 0.3) is 0 Å². The molecule has 0 saturated heterocycles. The van der Waals surface area contributed by atoms with Gasteiger partial charge < -0.3 is 5.32 Å². The molecule has 1 fully saturated rings. The quantitative estimate of drug-likeness (QED) is 0.492. The molecule has 1 aliphatic rings. The highest BCUT2D eigenvalue weighted by Gasteiger charge is 2.38. The van der Waals surface area contributed by atoms with Crippen molar-refractivity contribution in [3.63, 3.8) is 0 Å². The largest absolute Gasteiger partial charge is 0.375 e. The molecule has 0 spiro atoms. The first-order chi connectivity index (χ1) is 8.42. The van der Waals surface area contributed by atoms with Gasteiger partial charge in [-0.05, 0) is 25.7 Å². The van der Waals surface area contributed by atoms with E-state index in [1.165, 1.54) is 0 Å². The topological polar surface area (TPSA) is 12.0 Å². The number of hydrogen-bond acceptors (Lipinski definition) is 1. The molecular weight excluding hydrogens is 253 g/mol. The van der Waals surface area contributed by atoms with Crippen molar-refractivity contribution in [2.24, 2.45) is 0 Å². The van der Waals surface area contributed by atoms with Crippen LogP contribution in [0.3, 0.4) is 0 Å². The summed E-state index contributed by atoms with van der Waals surface area (Å²) < 4.78 is 65.8. The fourth-order valence-electron chi connectivity index (χ4n) is 2.15. The molecule has 1 saturated carbocycles. The van der Waals surface area contributed by atoms with Crippen molar-refractivity contribution >= 4 is 5.69 Å². The average molecular weight is 265 g/mol. The summed E-state index contributed by atoms with van der Waals surface area (Å²) >= 11 is 0. The standard InChI is InChI=1S/C12H12F5N/c1-2-12(4-3-5-12)18-11-9(16)7(14)6(13)8(15)10(11)17/h18H,2-5H2,1H3. The summed E-state index contributed by atoms with van der Waals surface area (Å²) in [4.78, 5) is 0. The van der Waals surface area contributed by atoms with Gasteiger partial charge in [0.2, 0.25) is 5.82 Å². The van der Waals surface area contributed by atoms with Crippen LogP contribution >= 0.6 is 0 Å². The molecule has 6 heteroatoms. The minimum absolute atomic E-state index is 0.557. The lowest BCUT2D eigenvalue weighted by molar-refractivity contribution is 0.265. The summed E-state index contributed by atoms with van der Waals surface area (Å²) in [6.07, 6.45) is 2.74. The van der Waals surface area contributed by atoms with E-state index in [9.17, 15) is 22.0 Å².